The van der Waals surface area contributed by atoms with Crippen LogP contribution in [0, 0.1) is 0 Å². The van der Waals surface area contributed by atoms with Gasteiger partial charge in [-0.15, -0.1) is 0 Å². The van der Waals surface area contributed by atoms with Gasteiger partial charge in [-0.05, 0) is 53.6 Å². The molecule has 1 amide bonds. The van der Waals surface area contributed by atoms with Gasteiger partial charge in [-0.25, -0.2) is 8.42 Å². The van der Waals surface area contributed by atoms with Crippen LogP contribution in [0.4, 0.5) is 5.69 Å². The first-order valence-corrected chi connectivity index (χ1v) is 13.9. The summed E-state index contributed by atoms with van der Waals surface area (Å²) >= 11 is 13.9. The monoisotopic (exact) mass is 522 g/mol. The maximum absolute atomic E-state index is 12.4. The Bertz CT molecular complexity index is 1200. The zero-order chi connectivity index (χ0) is 23.8. The summed E-state index contributed by atoms with van der Waals surface area (Å²) in [5, 5.41) is 4.10. The molecule has 3 aromatic carbocycles. The minimum atomic E-state index is -3.55. The molecular formula is C24H24Cl2N2O3S2. The highest BCUT2D eigenvalue weighted by molar-refractivity contribution is 7.98. The Hall–Kier alpha value is -2.19. The molecule has 0 aliphatic heterocycles. The fourth-order valence-corrected chi connectivity index (χ4v) is 5.21. The van der Waals surface area contributed by atoms with Crippen LogP contribution >= 0.6 is 35.0 Å². The Morgan fingerprint density at radius 2 is 1.73 bits per heavy atom. The van der Waals surface area contributed by atoms with E-state index in [0.717, 1.165) is 23.3 Å². The molecule has 0 aromatic heterocycles. The van der Waals surface area contributed by atoms with E-state index in [1.165, 1.54) is 4.31 Å². The molecule has 0 aliphatic carbocycles. The summed E-state index contributed by atoms with van der Waals surface area (Å²) in [6.45, 7) is 0.627. The normalized spacial score (nSPS) is 11.2. The van der Waals surface area contributed by atoms with Gasteiger partial charge in [0, 0.05) is 33.7 Å². The van der Waals surface area contributed by atoms with Gasteiger partial charge >= 0.3 is 0 Å². The fraction of sp³-hybridized carbons (Fsp3) is 0.208. The second-order valence-electron chi connectivity index (χ2n) is 7.35. The highest BCUT2D eigenvalue weighted by Crippen LogP contribution is 2.24. The van der Waals surface area contributed by atoms with Gasteiger partial charge in [-0.3, -0.25) is 9.10 Å². The predicted octanol–water partition coefficient (Wildman–Crippen LogP) is 5.62. The molecule has 1 N–H and O–H groups in total. The second kappa shape index (κ2) is 11.8. The molecule has 3 rings (SSSR count). The van der Waals surface area contributed by atoms with Gasteiger partial charge in [0.25, 0.3) is 5.91 Å². The van der Waals surface area contributed by atoms with Crippen LogP contribution < -0.4 is 9.62 Å². The molecule has 3 aromatic rings. The van der Waals surface area contributed by atoms with Crippen molar-refractivity contribution in [2.45, 2.75) is 12.3 Å². The highest BCUT2D eigenvalue weighted by atomic mass is 35.5. The molecular weight excluding hydrogens is 499 g/mol. The summed E-state index contributed by atoms with van der Waals surface area (Å²) in [6, 6.07) is 21.3. The zero-order valence-corrected chi connectivity index (χ0v) is 21.1. The van der Waals surface area contributed by atoms with Crippen LogP contribution in [-0.2, 0) is 22.3 Å². The van der Waals surface area contributed by atoms with Gasteiger partial charge in [-0.2, -0.15) is 11.8 Å². The van der Waals surface area contributed by atoms with E-state index >= 15 is 0 Å². The lowest BCUT2D eigenvalue weighted by Crippen LogP contribution is -2.29. The molecule has 9 heteroatoms. The minimum absolute atomic E-state index is 0.105. The molecule has 0 saturated carbocycles. The van der Waals surface area contributed by atoms with Crippen LogP contribution in [0.2, 0.25) is 10.0 Å². The minimum Gasteiger partial charge on any atom is -0.351 e. The first-order chi connectivity index (χ1) is 15.7. The number of rotatable bonds is 10. The lowest BCUT2D eigenvalue weighted by Gasteiger charge is -2.23. The van der Waals surface area contributed by atoms with Crippen molar-refractivity contribution in [3.63, 3.8) is 0 Å². The van der Waals surface area contributed by atoms with Gasteiger partial charge in [0.1, 0.15) is 0 Å². The molecule has 0 aliphatic rings. The van der Waals surface area contributed by atoms with Gasteiger partial charge in [0.05, 0.1) is 18.5 Å². The summed E-state index contributed by atoms with van der Waals surface area (Å²) in [5.74, 6) is 1.37. The third-order valence-electron chi connectivity index (χ3n) is 4.78. The van der Waals surface area contributed by atoms with E-state index in [-0.39, 0.29) is 12.5 Å². The number of carbonyl (C=O) groups is 1. The maximum atomic E-state index is 12.4. The van der Waals surface area contributed by atoms with E-state index < -0.39 is 10.0 Å². The van der Waals surface area contributed by atoms with E-state index in [2.05, 4.69) is 5.32 Å². The molecule has 33 heavy (non-hydrogen) atoms. The summed E-state index contributed by atoms with van der Waals surface area (Å²) in [4.78, 5) is 12.4. The van der Waals surface area contributed by atoms with Crippen molar-refractivity contribution in [1.82, 2.24) is 5.32 Å². The third kappa shape index (κ3) is 7.67. The SMILES string of the molecule is CS(=O)(=O)N(Cc1ccccc1Cl)c1ccc(C(=O)NCCSCc2cccc(Cl)c2)cc1. The smallest absolute Gasteiger partial charge is 0.251 e. The Balaban J connectivity index is 1.56. The van der Waals surface area contributed by atoms with Crippen molar-refractivity contribution in [1.29, 1.82) is 0 Å². The van der Waals surface area contributed by atoms with E-state index in [4.69, 9.17) is 23.2 Å². The number of hydrogen-bond donors (Lipinski definition) is 1. The van der Waals surface area contributed by atoms with Gasteiger partial charge < -0.3 is 5.32 Å². The number of anilines is 1. The average Bonchev–Trinajstić information content (AvgIpc) is 2.77. The van der Waals surface area contributed by atoms with Gasteiger partial charge in [0.15, 0.2) is 0 Å². The van der Waals surface area contributed by atoms with Crippen LogP contribution in [0.3, 0.4) is 0 Å². The number of nitrogens with one attached hydrogen (secondary N) is 1. The van der Waals surface area contributed by atoms with Crippen molar-refractivity contribution in [3.8, 4) is 0 Å². The number of halogens is 2. The lowest BCUT2D eigenvalue weighted by atomic mass is 10.1. The van der Waals surface area contributed by atoms with E-state index in [0.29, 0.717) is 33.4 Å². The van der Waals surface area contributed by atoms with Crippen molar-refractivity contribution >= 4 is 56.6 Å². The zero-order valence-electron chi connectivity index (χ0n) is 18.0. The fourth-order valence-electron chi connectivity index (χ4n) is 3.12. The third-order valence-corrected chi connectivity index (χ3v) is 7.55. The molecule has 0 heterocycles. The predicted molar refractivity (Wildman–Crippen MR) is 139 cm³/mol. The standard InChI is InChI=1S/C24H24Cl2N2O3S2/c1-33(30,31)28(16-20-6-2-3-8-23(20)26)22-11-9-19(10-12-22)24(29)27-13-14-32-17-18-5-4-7-21(25)15-18/h2-12,15H,13-14,16-17H2,1H3,(H,27,29). The van der Waals surface area contributed by atoms with Crippen molar-refractivity contribution in [2.24, 2.45) is 0 Å². The number of thioether (sulfide) groups is 1. The lowest BCUT2D eigenvalue weighted by molar-refractivity contribution is 0.0956. The van der Waals surface area contributed by atoms with Crippen molar-refractivity contribution < 1.29 is 13.2 Å². The molecule has 0 spiro atoms. The molecule has 5 nitrogen and oxygen atoms in total. The highest BCUT2D eigenvalue weighted by Gasteiger charge is 2.19. The number of hydrogen-bond acceptors (Lipinski definition) is 4. The first-order valence-electron chi connectivity index (χ1n) is 10.2. The van der Waals surface area contributed by atoms with Crippen molar-refractivity contribution in [2.75, 3.05) is 22.9 Å². The van der Waals surface area contributed by atoms with E-state index in [1.54, 1.807) is 54.2 Å². The molecule has 0 unspecified atom stereocenters. The summed E-state index contributed by atoms with van der Waals surface area (Å²) < 4.78 is 26.0. The topological polar surface area (TPSA) is 66.5 Å². The molecule has 0 bridgehead atoms. The molecule has 0 atom stereocenters. The van der Waals surface area contributed by atoms with Crippen LogP contribution in [0.15, 0.2) is 72.8 Å². The summed E-state index contributed by atoms with van der Waals surface area (Å²) in [7, 11) is -3.55. The number of benzene rings is 3. The van der Waals surface area contributed by atoms with Crippen LogP contribution in [0.1, 0.15) is 21.5 Å². The van der Waals surface area contributed by atoms with Crippen LogP contribution in [0.5, 0.6) is 0 Å². The molecule has 0 saturated heterocycles. The average molecular weight is 524 g/mol. The van der Waals surface area contributed by atoms with Gasteiger partial charge in [0.2, 0.25) is 10.0 Å². The maximum Gasteiger partial charge on any atom is 0.251 e. The summed E-state index contributed by atoms with van der Waals surface area (Å²) in [6.07, 6.45) is 1.14. The Morgan fingerprint density at radius 1 is 1.00 bits per heavy atom. The number of amides is 1. The number of nitrogens with zero attached hydrogens (tertiary/aromatic N) is 1. The Morgan fingerprint density at radius 3 is 2.39 bits per heavy atom. The quantitative estimate of drug-likeness (QED) is 0.350. The molecule has 0 fully saturated rings. The Labute approximate surface area is 209 Å². The summed E-state index contributed by atoms with van der Waals surface area (Å²) in [5.41, 5.74) is 2.76. The van der Waals surface area contributed by atoms with E-state index in [1.807, 2.05) is 30.3 Å². The number of sulfonamides is 1. The first kappa shape index (κ1) is 25.4. The Kier molecular flexibility index (Phi) is 9.09. The number of carbonyl (C=O) groups excluding carboxylic acids is 1. The molecule has 0 radical (unpaired) electrons. The second-order valence-corrected chi connectivity index (χ2v) is 11.2. The largest absolute Gasteiger partial charge is 0.351 e. The van der Waals surface area contributed by atoms with Gasteiger partial charge in [-0.1, -0.05) is 53.5 Å². The molecule has 174 valence electrons. The van der Waals surface area contributed by atoms with Crippen molar-refractivity contribution in [3.05, 3.63) is 99.5 Å². The van der Waals surface area contributed by atoms with Crippen LogP contribution in [-0.4, -0.2) is 32.9 Å². The van der Waals surface area contributed by atoms with E-state index in [9.17, 15) is 13.2 Å². The van der Waals surface area contributed by atoms with Crippen LogP contribution in [0.25, 0.3) is 0 Å².